The van der Waals surface area contributed by atoms with Gasteiger partial charge in [0.15, 0.2) is 0 Å². The first-order valence-electron chi connectivity index (χ1n) is 7.35. The van der Waals surface area contributed by atoms with Crippen molar-refractivity contribution in [2.24, 2.45) is 0 Å². The second kappa shape index (κ2) is 6.12. The number of methoxy groups -OCH3 is 1. The van der Waals surface area contributed by atoms with Crippen LogP contribution in [-0.4, -0.2) is 25.0 Å². The molecule has 118 valence electrons. The van der Waals surface area contributed by atoms with Crippen molar-refractivity contribution in [1.29, 1.82) is 0 Å². The monoisotopic (exact) mass is 311 g/mol. The summed E-state index contributed by atoms with van der Waals surface area (Å²) in [5, 5.41) is 5.69. The predicted molar refractivity (Wildman–Crippen MR) is 87.0 cm³/mol. The summed E-state index contributed by atoms with van der Waals surface area (Å²) in [6.07, 6.45) is 1.74. The van der Waals surface area contributed by atoms with E-state index < -0.39 is 12.0 Å². The fourth-order valence-corrected chi connectivity index (χ4v) is 2.71. The van der Waals surface area contributed by atoms with E-state index in [-0.39, 0.29) is 12.3 Å². The van der Waals surface area contributed by atoms with E-state index >= 15 is 0 Å². The Labute approximate surface area is 133 Å². The van der Waals surface area contributed by atoms with Gasteiger partial charge in [0, 0.05) is 10.9 Å². The van der Waals surface area contributed by atoms with Crippen LogP contribution < -0.4 is 5.32 Å². The van der Waals surface area contributed by atoms with Crippen molar-refractivity contribution < 1.29 is 18.7 Å². The molecule has 1 aromatic heterocycles. The minimum Gasteiger partial charge on any atom is -0.467 e. The van der Waals surface area contributed by atoms with Crippen molar-refractivity contribution in [3.05, 3.63) is 48.2 Å². The fourth-order valence-electron chi connectivity index (χ4n) is 2.71. The van der Waals surface area contributed by atoms with Crippen LogP contribution in [0, 0.1) is 0 Å². The van der Waals surface area contributed by atoms with Crippen LogP contribution in [-0.2, 0) is 20.7 Å². The van der Waals surface area contributed by atoms with E-state index in [0.717, 1.165) is 27.3 Å². The van der Waals surface area contributed by atoms with E-state index in [1.165, 1.54) is 7.11 Å². The Hall–Kier alpha value is -2.82. The molecule has 3 aromatic rings. The number of carbonyl (C=O) groups excluding carboxylic acids is 2. The highest BCUT2D eigenvalue weighted by atomic mass is 16.5. The lowest BCUT2D eigenvalue weighted by molar-refractivity contribution is -0.144. The number of esters is 1. The van der Waals surface area contributed by atoms with E-state index in [0.29, 0.717) is 0 Å². The Bertz CT molecular complexity index is 881. The van der Waals surface area contributed by atoms with E-state index in [2.05, 4.69) is 10.1 Å². The molecule has 5 nitrogen and oxygen atoms in total. The lowest BCUT2D eigenvalue weighted by atomic mass is 10.0. The van der Waals surface area contributed by atoms with Gasteiger partial charge in [0.1, 0.15) is 11.6 Å². The highest BCUT2D eigenvalue weighted by Crippen LogP contribution is 2.30. The zero-order valence-electron chi connectivity index (χ0n) is 13.0. The molecule has 2 aromatic carbocycles. The van der Waals surface area contributed by atoms with E-state index in [1.54, 1.807) is 13.2 Å². The van der Waals surface area contributed by atoms with Crippen molar-refractivity contribution in [2.45, 2.75) is 19.4 Å². The largest absolute Gasteiger partial charge is 0.467 e. The molecule has 23 heavy (non-hydrogen) atoms. The molecule has 3 rings (SSSR count). The summed E-state index contributed by atoms with van der Waals surface area (Å²) in [4.78, 5) is 23.5. The number of carbonyl (C=O) groups is 2. The molecule has 0 fully saturated rings. The standard InChI is InChI=1S/C18H17NO4/c1-11(18(21)22-2)19-16(20)9-13-10-23-15-8-7-12-5-3-4-6-14(12)17(13)15/h3-8,10-11H,9H2,1-2H3,(H,19,20)/t11-/m0/s1. The Morgan fingerprint density at radius 1 is 1.22 bits per heavy atom. The minimum atomic E-state index is -0.678. The van der Waals surface area contributed by atoms with Gasteiger partial charge in [0.05, 0.1) is 19.8 Å². The van der Waals surface area contributed by atoms with Crippen LogP contribution in [0.4, 0.5) is 0 Å². The lowest BCUT2D eigenvalue weighted by Crippen LogP contribution is -2.39. The second-order valence-electron chi connectivity index (χ2n) is 5.41. The first-order chi connectivity index (χ1) is 11.1. The first-order valence-corrected chi connectivity index (χ1v) is 7.35. The van der Waals surface area contributed by atoms with Gasteiger partial charge in [0.2, 0.25) is 5.91 Å². The number of fused-ring (bicyclic) bond motifs is 3. The zero-order chi connectivity index (χ0) is 16.4. The van der Waals surface area contributed by atoms with Gasteiger partial charge in [-0.1, -0.05) is 30.3 Å². The average Bonchev–Trinajstić information content (AvgIpc) is 2.97. The summed E-state index contributed by atoms with van der Waals surface area (Å²) in [6, 6.07) is 11.2. The van der Waals surface area contributed by atoms with Crippen LogP contribution in [0.2, 0.25) is 0 Å². The van der Waals surface area contributed by atoms with Crippen LogP contribution in [0.1, 0.15) is 12.5 Å². The molecule has 1 amide bonds. The Morgan fingerprint density at radius 2 is 2.00 bits per heavy atom. The van der Waals surface area contributed by atoms with Crippen molar-refractivity contribution in [1.82, 2.24) is 5.32 Å². The molecule has 1 heterocycles. The van der Waals surface area contributed by atoms with Gasteiger partial charge in [-0.3, -0.25) is 4.79 Å². The first kappa shape index (κ1) is 15.1. The minimum absolute atomic E-state index is 0.141. The topological polar surface area (TPSA) is 68.5 Å². The number of benzene rings is 2. The lowest BCUT2D eigenvalue weighted by Gasteiger charge is -2.11. The zero-order valence-corrected chi connectivity index (χ0v) is 13.0. The maximum atomic E-state index is 12.2. The number of furan rings is 1. The quantitative estimate of drug-likeness (QED) is 0.752. The number of hydrogen-bond acceptors (Lipinski definition) is 4. The SMILES string of the molecule is COC(=O)[C@H](C)NC(=O)Cc1coc2ccc3ccccc3c12. The molecular formula is C18H17NO4. The van der Waals surface area contributed by atoms with E-state index in [9.17, 15) is 9.59 Å². The Balaban J connectivity index is 1.90. The Morgan fingerprint density at radius 3 is 2.78 bits per heavy atom. The van der Waals surface area contributed by atoms with Crippen molar-refractivity contribution >= 4 is 33.6 Å². The van der Waals surface area contributed by atoms with Gasteiger partial charge in [-0.05, 0) is 23.8 Å². The molecule has 0 radical (unpaired) electrons. The van der Waals surface area contributed by atoms with E-state index in [4.69, 9.17) is 4.42 Å². The second-order valence-corrected chi connectivity index (χ2v) is 5.41. The van der Waals surface area contributed by atoms with Gasteiger partial charge >= 0.3 is 5.97 Å². The molecule has 0 aliphatic rings. The molecule has 0 spiro atoms. The van der Waals surface area contributed by atoms with Gasteiger partial charge in [0.25, 0.3) is 0 Å². The van der Waals surface area contributed by atoms with Crippen molar-refractivity contribution in [3.8, 4) is 0 Å². The summed E-state index contributed by atoms with van der Waals surface area (Å²) in [7, 11) is 1.29. The van der Waals surface area contributed by atoms with Gasteiger partial charge < -0.3 is 14.5 Å². The van der Waals surface area contributed by atoms with Crippen LogP contribution in [0.25, 0.3) is 21.7 Å². The number of nitrogens with one attached hydrogen (secondary N) is 1. The number of ether oxygens (including phenoxy) is 1. The van der Waals surface area contributed by atoms with E-state index in [1.807, 2.05) is 36.4 Å². The normalized spacial score (nSPS) is 12.3. The third kappa shape index (κ3) is 2.90. The maximum absolute atomic E-state index is 12.2. The maximum Gasteiger partial charge on any atom is 0.328 e. The summed E-state index contributed by atoms with van der Waals surface area (Å²) in [6.45, 7) is 1.59. The molecule has 1 N–H and O–H groups in total. The van der Waals surface area contributed by atoms with Gasteiger partial charge in [-0.25, -0.2) is 4.79 Å². The van der Waals surface area contributed by atoms with Crippen molar-refractivity contribution in [2.75, 3.05) is 7.11 Å². The molecular weight excluding hydrogens is 294 g/mol. The van der Waals surface area contributed by atoms with Crippen LogP contribution >= 0.6 is 0 Å². The number of amides is 1. The highest BCUT2D eigenvalue weighted by molar-refractivity contribution is 6.08. The Kier molecular flexibility index (Phi) is 4.02. The molecule has 0 bridgehead atoms. The average molecular weight is 311 g/mol. The van der Waals surface area contributed by atoms with Gasteiger partial charge in [-0.2, -0.15) is 0 Å². The van der Waals surface area contributed by atoms with Crippen LogP contribution in [0.3, 0.4) is 0 Å². The molecule has 0 aliphatic heterocycles. The summed E-state index contributed by atoms with van der Waals surface area (Å²) in [5.74, 6) is -0.723. The summed E-state index contributed by atoms with van der Waals surface area (Å²) < 4.78 is 10.2. The smallest absolute Gasteiger partial charge is 0.328 e. The predicted octanol–water partition coefficient (Wildman–Crippen LogP) is 2.81. The van der Waals surface area contributed by atoms with Gasteiger partial charge in [-0.15, -0.1) is 0 Å². The number of hydrogen-bond donors (Lipinski definition) is 1. The third-order valence-corrected chi connectivity index (χ3v) is 3.82. The summed E-state index contributed by atoms with van der Waals surface area (Å²) in [5.41, 5.74) is 1.54. The third-order valence-electron chi connectivity index (χ3n) is 3.82. The molecule has 0 saturated carbocycles. The molecule has 0 aliphatic carbocycles. The molecule has 0 unspecified atom stereocenters. The van der Waals surface area contributed by atoms with Crippen LogP contribution in [0.5, 0.6) is 0 Å². The summed E-state index contributed by atoms with van der Waals surface area (Å²) >= 11 is 0. The fraction of sp³-hybridized carbons (Fsp3) is 0.222. The molecule has 1 atom stereocenters. The molecule has 5 heteroatoms. The number of rotatable bonds is 4. The highest BCUT2D eigenvalue weighted by Gasteiger charge is 2.18. The molecule has 0 saturated heterocycles. The van der Waals surface area contributed by atoms with Crippen molar-refractivity contribution in [3.63, 3.8) is 0 Å². The van der Waals surface area contributed by atoms with Crippen LogP contribution in [0.15, 0.2) is 47.1 Å².